The van der Waals surface area contributed by atoms with Gasteiger partial charge in [-0.3, -0.25) is 23.6 Å². The van der Waals surface area contributed by atoms with Crippen LogP contribution in [-0.4, -0.2) is 87.1 Å². The molecule has 0 aliphatic carbocycles. The molecule has 4 rings (SSSR count). The minimum Gasteiger partial charge on any atom is -0.484 e. The molecular formula is C25H30F3N3O6S. The van der Waals surface area contributed by atoms with Gasteiger partial charge in [0.25, 0.3) is 0 Å². The van der Waals surface area contributed by atoms with E-state index in [2.05, 4.69) is 5.32 Å². The largest absolute Gasteiger partial charge is 0.484 e. The van der Waals surface area contributed by atoms with Crippen LogP contribution in [0.3, 0.4) is 0 Å². The average molecular weight is 558 g/mol. The van der Waals surface area contributed by atoms with Crippen LogP contribution in [0.15, 0.2) is 47.4 Å². The molecule has 0 saturated carbocycles. The predicted molar refractivity (Wildman–Crippen MR) is 135 cm³/mol. The van der Waals surface area contributed by atoms with E-state index in [0.29, 0.717) is 37.2 Å². The molecule has 208 valence electrons. The summed E-state index contributed by atoms with van der Waals surface area (Å²) in [5, 5.41) is 12.6. The molecule has 4 N–H and O–H groups in total. The van der Waals surface area contributed by atoms with Crippen molar-refractivity contribution in [1.82, 2.24) is 9.80 Å². The number of carbonyl (C=O) groups excluding carboxylic acids is 2. The molecule has 2 amide bonds. The van der Waals surface area contributed by atoms with Crippen molar-refractivity contribution in [3.63, 3.8) is 0 Å². The highest BCUT2D eigenvalue weighted by Gasteiger charge is 2.32. The van der Waals surface area contributed by atoms with Gasteiger partial charge in [-0.2, -0.15) is 23.8 Å². The number of alkyl halides is 3. The van der Waals surface area contributed by atoms with Crippen LogP contribution in [0.5, 0.6) is 5.75 Å². The molecule has 0 bridgehead atoms. The molecule has 1 saturated heterocycles. The fourth-order valence-corrected chi connectivity index (χ4v) is 5.98. The number of likely N-dealkylation sites (tertiary alicyclic amines) is 1. The lowest BCUT2D eigenvalue weighted by atomic mass is 10.0. The van der Waals surface area contributed by atoms with E-state index in [1.807, 2.05) is 4.90 Å². The number of halogens is 3. The van der Waals surface area contributed by atoms with Crippen LogP contribution in [-0.2, 0) is 16.0 Å². The summed E-state index contributed by atoms with van der Waals surface area (Å²) < 4.78 is 63.3. The first-order valence-electron chi connectivity index (χ1n) is 11.9. The number of carbonyl (C=O) groups is 2. The van der Waals surface area contributed by atoms with Crippen molar-refractivity contribution in [3.05, 3.63) is 53.6 Å². The second-order valence-electron chi connectivity index (χ2n) is 9.57. The number of anilines is 1. The van der Waals surface area contributed by atoms with Gasteiger partial charge in [-0.25, -0.2) is 0 Å². The first-order chi connectivity index (χ1) is 17.8. The van der Waals surface area contributed by atoms with Crippen molar-refractivity contribution >= 4 is 28.1 Å². The maximum Gasteiger partial charge on any atom is 0.422 e. The van der Waals surface area contributed by atoms with Crippen LogP contribution < -0.4 is 10.1 Å². The highest BCUT2D eigenvalue weighted by molar-refractivity contribution is 8.25. The first-order valence-corrected chi connectivity index (χ1v) is 13.7. The Balaban J connectivity index is 1.55. The lowest BCUT2D eigenvalue weighted by molar-refractivity contribution is -0.153. The third-order valence-corrected chi connectivity index (χ3v) is 8.27. The molecule has 2 aromatic rings. The van der Waals surface area contributed by atoms with E-state index in [-0.39, 0.29) is 28.7 Å². The standard InChI is InChI=1S/C25H30F3N3O6S/c1-30(24(34)10-16-5-6-22-20(9-16)29-23(33)14-38(22,35)36)21(13-31-8-7-18(32)12-31)17-3-2-4-19(11-17)37-15-25(26,27)28/h2-6,9,11,18,21,32,35-36H,7-8,10,12-15H2,1H3,(H,29,33)/t18-,21+/m0/s1. The molecule has 2 heterocycles. The van der Waals surface area contributed by atoms with Crippen molar-refractivity contribution < 1.29 is 41.7 Å². The molecule has 9 nitrogen and oxygen atoms in total. The van der Waals surface area contributed by atoms with Crippen molar-refractivity contribution in [2.24, 2.45) is 0 Å². The van der Waals surface area contributed by atoms with Gasteiger partial charge in [0.1, 0.15) is 11.5 Å². The zero-order chi connectivity index (χ0) is 27.7. The van der Waals surface area contributed by atoms with Crippen LogP contribution in [0.4, 0.5) is 18.9 Å². The molecule has 0 radical (unpaired) electrons. The number of amides is 2. The molecule has 2 aromatic carbocycles. The Bertz CT molecular complexity index is 1200. The summed E-state index contributed by atoms with van der Waals surface area (Å²) in [6.45, 7) is -0.0580. The Morgan fingerprint density at radius 2 is 2.03 bits per heavy atom. The van der Waals surface area contributed by atoms with Gasteiger partial charge in [0.05, 0.1) is 29.1 Å². The number of hydrogen-bond acceptors (Lipinski definition) is 7. The monoisotopic (exact) mass is 557 g/mol. The molecule has 0 aromatic heterocycles. The Morgan fingerprint density at radius 1 is 1.26 bits per heavy atom. The first kappa shape index (κ1) is 28.2. The molecule has 2 atom stereocenters. The highest BCUT2D eigenvalue weighted by atomic mass is 32.3. The van der Waals surface area contributed by atoms with E-state index < -0.39 is 47.2 Å². The quantitative estimate of drug-likeness (QED) is 0.392. The lowest BCUT2D eigenvalue weighted by Gasteiger charge is -2.37. The van der Waals surface area contributed by atoms with E-state index >= 15 is 0 Å². The summed E-state index contributed by atoms with van der Waals surface area (Å²) in [7, 11) is -1.66. The molecule has 0 spiro atoms. The predicted octanol–water partition coefficient (Wildman–Crippen LogP) is 3.50. The Labute approximate surface area is 219 Å². The van der Waals surface area contributed by atoms with Crippen LogP contribution in [0.2, 0.25) is 0 Å². The summed E-state index contributed by atoms with van der Waals surface area (Å²) in [6.07, 6.45) is -4.47. The number of nitrogens with zero attached hydrogens (tertiary/aromatic N) is 2. The highest BCUT2D eigenvalue weighted by Crippen LogP contribution is 2.53. The summed E-state index contributed by atoms with van der Waals surface area (Å²) in [5.41, 5.74) is 1.36. The van der Waals surface area contributed by atoms with Crippen molar-refractivity contribution in [2.45, 2.75) is 36.1 Å². The van der Waals surface area contributed by atoms with Crippen LogP contribution in [0.1, 0.15) is 23.6 Å². The molecule has 38 heavy (non-hydrogen) atoms. The van der Waals surface area contributed by atoms with Gasteiger partial charge in [0.2, 0.25) is 11.8 Å². The number of likely N-dealkylation sites (N-methyl/N-ethyl adjacent to an activating group) is 1. The summed E-state index contributed by atoms with van der Waals surface area (Å²) in [5.74, 6) is -1.22. The topological polar surface area (TPSA) is 123 Å². The average Bonchev–Trinajstić information content (AvgIpc) is 3.24. The van der Waals surface area contributed by atoms with Crippen molar-refractivity contribution in [2.75, 3.05) is 44.4 Å². The van der Waals surface area contributed by atoms with Gasteiger partial charge in [0, 0.05) is 26.7 Å². The van der Waals surface area contributed by atoms with Gasteiger partial charge >= 0.3 is 6.18 Å². The SMILES string of the molecule is CN(C(=O)Cc1ccc2c(c1)NC(=O)CS2(O)O)[C@H](CN1CC[C@H](O)C1)c1cccc(OCC(F)(F)F)c1. The van der Waals surface area contributed by atoms with Gasteiger partial charge in [-0.05, 0) is 41.8 Å². The van der Waals surface area contributed by atoms with Crippen molar-refractivity contribution in [3.8, 4) is 5.75 Å². The third kappa shape index (κ3) is 6.97. The summed E-state index contributed by atoms with van der Waals surface area (Å²) >= 11 is 0. The van der Waals surface area contributed by atoms with Crippen molar-refractivity contribution in [1.29, 1.82) is 0 Å². The number of nitrogens with one attached hydrogen (secondary N) is 1. The zero-order valence-corrected chi connectivity index (χ0v) is 21.5. The number of benzene rings is 2. The number of ether oxygens (including phenoxy) is 1. The third-order valence-electron chi connectivity index (χ3n) is 6.54. The maximum atomic E-state index is 13.4. The Hall–Kier alpha value is -2.84. The van der Waals surface area contributed by atoms with Crippen LogP contribution >= 0.6 is 10.6 Å². The lowest BCUT2D eigenvalue weighted by Crippen LogP contribution is -2.39. The number of β-amino-alcohol motifs (C(OH)–C–C–N with tert-alkyl or cyclic N) is 1. The van der Waals surface area contributed by atoms with Crippen LogP contribution in [0, 0.1) is 0 Å². The zero-order valence-electron chi connectivity index (χ0n) is 20.6. The van der Waals surface area contributed by atoms with E-state index in [0.717, 1.165) is 0 Å². The number of aliphatic hydroxyl groups excluding tert-OH is 1. The van der Waals surface area contributed by atoms with E-state index in [9.17, 15) is 37.0 Å². The van der Waals surface area contributed by atoms with E-state index in [1.165, 1.54) is 29.2 Å². The Morgan fingerprint density at radius 3 is 2.71 bits per heavy atom. The Kier molecular flexibility index (Phi) is 8.23. The molecule has 2 aliphatic rings. The summed E-state index contributed by atoms with van der Waals surface area (Å²) in [4.78, 5) is 28.9. The number of hydrogen-bond donors (Lipinski definition) is 4. The van der Waals surface area contributed by atoms with Gasteiger partial charge in [-0.15, -0.1) is 0 Å². The smallest absolute Gasteiger partial charge is 0.422 e. The number of rotatable bonds is 8. The number of fused-ring (bicyclic) bond motifs is 1. The number of aliphatic hydroxyl groups is 1. The van der Waals surface area contributed by atoms with Crippen LogP contribution in [0.25, 0.3) is 0 Å². The van der Waals surface area contributed by atoms with E-state index in [4.69, 9.17) is 4.74 Å². The fraction of sp³-hybridized carbons (Fsp3) is 0.440. The molecule has 2 aliphatic heterocycles. The summed E-state index contributed by atoms with van der Waals surface area (Å²) in [6, 6.07) is 10.2. The van der Waals surface area contributed by atoms with Gasteiger partial charge in [-0.1, -0.05) is 18.2 Å². The minimum absolute atomic E-state index is 0.0246. The second-order valence-corrected chi connectivity index (χ2v) is 11.6. The van der Waals surface area contributed by atoms with E-state index in [1.54, 1.807) is 25.2 Å². The maximum absolute atomic E-state index is 13.4. The molecule has 13 heteroatoms. The van der Waals surface area contributed by atoms with Gasteiger partial charge in [0.15, 0.2) is 6.61 Å². The van der Waals surface area contributed by atoms with Gasteiger partial charge < -0.3 is 20.1 Å². The second kappa shape index (κ2) is 11.1. The molecule has 1 fully saturated rings. The normalized spacial score (nSPS) is 20.8. The molecular weight excluding hydrogens is 527 g/mol. The fourth-order valence-electron chi connectivity index (χ4n) is 4.64. The minimum atomic E-state index is -4.49. The molecule has 0 unspecified atom stereocenters.